The van der Waals surface area contributed by atoms with E-state index in [9.17, 15) is 4.79 Å². The summed E-state index contributed by atoms with van der Waals surface area (Å²) < 4.78 is 5.88. The third-order valence-electron chi connectivity index (χ3n) is 5.83. The number of hydrogen-bond donors (Lipinski definition) is 0. The van der Waals surface area contributed by atoms with Crippen molar-refractivity contribution in [3.05, 3.63) is 65.7 Å². The fourth-order valence-electron chi connectivity index (χ4n) is 4.26. The minimum Gasteiger partial charge on any atom is -0.489 e. The van der Waals surface area contributed by atoms with E-state index in [2.05, 4.69) is 4.90 Å². The third-order valence-corrected chi connectivity index (χ3v) is 5.83. The van der Waals surface area contributed by atoms with Gasteiger partial charge in [-0.2, -0.15) is 0 Å². The number of carbonyl (C=O) groups is 1. The van der Waals surface area contributed by atoms with Crippen molar-refractivity contribution in [2.75, 3.05) is 26.2 Å². The predicted molar refractivity (Wildman–Crippen MR) is 107 cm³/mol. The van der Waals surface area contributed by atoms with Crippen LogP contribution in [0, 0.1) is 0 Å². The van der Waals surface area contributed by atoms with Crippen LogP contribution >= 0.6 is 0 Å². The first kappa shape index (κ1) is 18.1. The van der Waals surface area contributed by atoms with Crippen molar-refractivity contribution >= 4 is 5.91 Å². The average Bonchev–Trinajstić information content (AvgIpc) is 3.28. The molecule has 4 heteroatoms. The van der Waals surface area contributed by atoms with Gasteiger partial charge in [0, 0.05) is 43.3 Å². The average molecular weight is 364 g/mol. The van der Waals surface area contributed by atoms with E-state index < -0.39 is 0 Å². The Bertz CT molecular complexity index is 748. The summed E-state index contributed by atoms with van der Waals surface area (Å²) in [4.78, 5) is 17.7. The number of hydrogen-bond acceptors (Lipinski definition) is 3. The maximum absolute atomic E-state index is 13.1. The van der Waals surface area contributed by atoms with Gasteiger partial charge in [0.25, 0.3) is 5.91 Å². The topological polar surface area (TPSA) is 32.8 Å². The van der Waals surface area contributed by atoms with Crippen LogP contribution in [0.4, 0.5) is 0 Å². The normalized spacial score (nSPS) is 18.6. The number of rotatable bonds is 5. The van der Waals surface area contributed by atoms with Gasteiger partial charge in [-0.3, -0.25) is 9.69 Å². The molecule has 1 saturated heterocycles. The Morgan fingerprint density at radius 3 is 2.30 bits per heavy atom. The number of carbonyl (C=O) groups excluding carboxylic acids is 1. The Kier molecular flexibility index (Phi) is 5.73. The molecule has 0 N–H and O–H groups in total. The van der Waals surface area contributed by atoms with E-state index in [-0.39, 0.29) is 5.91 Å². The first-order chi connectivity index (χ1) is 13.3. The molecular weight excluding hydrogens is 336 g/mol. The zero-order valence-electron chi connectivity index (χ0n) is 15.8. The first-order valence-electron chi connectivity index (χ1n) is 10.1. The molecule has 1 heterocycles. The highest BCUT2D eigenvalue weighted by Gasteiger charge is 2.28. The fourth-order valence-corrected chi connectivity index (χ4v) is 4.26. The lowest BCUT2D eigenvalue weighted by Gasteiger charge is -2.38. The number of ether oxygens (including phenoxy) is 1. The minimum atomic E-state index is 0.133. The second-order valence-corrected chi connectivity index (χ2v) is 7.53. The quantitative estimate of drug-likeness (QED) is 0.805. The van der Waals surface area contributed by atoms with Crippen LogP contribution < -0.4 is 4.74 Å². The van der Waals surface area contributed by atoms with Gasteiger partial charge in [0.2, 0.25) is 0 Å². The smallest absolute Gasteiger partial charge is 0.254 e. The lowest BCUT2D eigenvalue weighted by molar-refractivity contribution is 0.0571. The molecule has 0 bridgehead atoms. The molecule has 0 atom stereocenters. The van der Waals surface area contributed by atoms with E-state index >= 15 is 0 Å². The monoisotopic (exact) mass is 364 g/mol. The third kappa shape index (κ3) is 4.33. The highest BCUT2D eigenvalue weighted by Crippen LogP contribution is 2.25. The number of piperazine rings is 1. The van der Waals surface area contributed by atoms with Crippen molar-refractivity contribution < 1.29 is 9.53 Å². The van der Waals surface area contributed by atoms with Gasteiger partial charge in [0.15, 0.2) is 0 Å². The minimum absolute atomic E-state index is 0.133. The summed E-state index contributed by atoms with van der Waals surface area (Å²) in [7, 11) is 0. The Hall–Kier alpha value is -2.33. The van der Waals surface area contributed by atoms with Gasteiger partial charge in [-0.1, -0.05) is 49.2 Å². The van der Waals surface area contributed by atoms with Gasteiger partial charge in [0.05, 0.1) is 0 Å². The van der Waals surface area contributed by atoms with Gasteiger partial charge >= 0.3 is 0 Å². The SMILES string of the molecule is O=C(c1ccccc1COc1ccccc1)N1CCN(C2CCCC2)CC1. The van der Waals surface area contributed by atoms with Crippen molar-refractivity contribution in [3.63, 3.8) is 0 Å². The molecule has 2 aromatic rings. The van der Waals surface area contributed by atoms with Gasteiger partial charge in [-0.05, 0) is 31.0 Å². The van der Waals surface area contributed by atoms with Crippen molar-refractivity contribution in [1.82, 2.24) is 9.80 Å². The summed E-state index contributed by atoms with van der Waals surface area (Å²) in [5.74, 6) is 0.957. The molecule has 0 radical (unpaired) electrons. The molecule has 142 valence electrons. The summed E-state index contributed by atoms with van der Waals surface area (Å²) in [6.45, 7) is 4.05. The molecule has 4 nitrogen and oxygen atoms in total. The van der Waals surface area contributed by atoms with Crippen molar-refractivity contribution in [2.24, 2.45) is 0 Å². The summed E-state index contributed by atoms with van der Waals surface area (Å²) >= 11 is 0. The molecule has 2 fully saturated rings. The largest absolute Gasteiger partial charge is 0.489 e. The molecule has 4 rings (SSSR count). The van der Waals surface area contributed by atoms with Gasteiger partial charge in [0.1, 0.15) is 12.4 Å². The van der Waals surface area contributed by atoms with Crippen LogP contribution in [0.15, 0.2) is 54.6 Å². The number of benzene rings is 2. The number of para-hydroxylation sites is 1. The summed E-state index contributed by atoms with van der Waals surface area (Å²) in [5, 5.41) is 0. The Labute approximate surface area is 161 Å². The number of amides is 1. The lowest BCUT2D eigenvalue weighted by atomic mass is 10.1. The van der Waals surface area contributed by atoms with Crippen LogP contribution in [-0.2, 0) is 6.61 Å². The summed E-state index contributed by atoms with van der Waals surface area (Å²) in [5.41, 5.74) is 1.72. The lowest BCUT2D eigenvalue weighted by Crippen LogP contribution is -2.51. The van der Waals surface area contributed by atoms with Gasteiger partial charge in [-0.15, -0.1) is 0 Å². The molecule has 1 aliphatic heterocycles. The number of nitrogens with zero attached hydrogens (tertiary/aromatic N) is 2. The maximum Gasteiger partial charge on any atom is 0.254 e. The molecule has 2 aromatic carbocycles. The van der Waals surface area contributed by atoms with Crippen molar-refractivity contribution in [3.8, 4) is 5.75 Å². The second-order valence-electron chi connectivity index (χ2n) is 7.53. The predicted octanol–water partition coefficient (Wildman–Crippen LogP) is 3.97. The molecule has 27 heavy (non-hydrogen) atoms. The van der Waals surface area contributed by atoms with E-state index in [4.69, 9.17) is 4.74 Å². The maximum atomic E-state index is 13.1. The fraction of sp³-hybridized carbons (Fsp3) is 0.435. The summed E-state index contributed by atoms with van der Waals surface area (Å²) in [6, 6.07) is 18.3. The van der Waals surface area contributed by atoms with Crippen LogP contribution in [-0.4, -0.2) is 47.9 Å². The van der Waals surface area contributed by atoms with Crippen LogP contribution in [0.5, 0.6) is 5.75 Å². The Morgan fingerprint density at radius 2 is 1.56 bits per heavy atom. The molecule has 2 aliphatic rings. The highest BCUT2D eigenvalue weighted by atomic mass is 16.5. The molecular formula is C23H28N2O2. The molecule has 0 unspecified atom stereocenters. The Balaban J connectivity index is 1.38. The van der Waals surface area contributed by atoms with Crippen LogP contribution in [0.3, 0.4) is 0 Å². The zero-order chi connectivity index (χ0) is 18.5. The van der Waals surface area contributed by atoms with E-state index in [1.54, 1.807) is 0 Å². The molecule has 1 saturated carbocycles. The standard InChI is InChI=1S/C23H28N2O2/c26-23(25-16-14-24(15-17-25)20-9-5-6-10-20)22-13-7-4-8-19(22)18-27-21-11-2-1-3-12-21/h1-4,7-8,11-13,20H,5-6,9-10,14-18H2. The second kappa shape index (κ2) is 8.57. The molecule has 1 aliphatic carbocycles. The molecule has 0 spiro atoms. The van der Waals surface area contributed by atoms with Crippen LogP contribution in [0.1, 0.15) is 41.6 Å². The van der Waals surface area contributed by atoms with Crippen LogP contribution in [0.2, 0.25) is 0 Å². The van der Waals surface area contributed by atoms with E-state index in [1.807, 2.05) is 59.5 Å². The van der Waals surface area contributed by atoms with Crippen molar-refractivity contribution in [2.45, 2.75) is 38.3 Å². The van der Waals surface area contributed by atoms with Gasteiger partial charge < -0.3 is 9.64 Å². The molecule has 1 amide bonds. The summed E-state index contributed by atoms with van der Waals surface area (Å²) in [6.07, 6.45) is 5.37. The van der Waals surface area contributed by atoms with E-state index in [0.717, 1.165) is 49.1 Å². The van der Waals surface area contributed by atoms with Crippen LogP contribution in [0.25, 0.3) is 0 Å². The van der Waals surface area contributed by atoms with E-state index in [0.29, 0.717) is 6.61 Å². The Morgan fingerprint density at radius 1 is 0.889 bits per heavy atom. The molecule has 0 aromatic heterocycles. The first-order valence-corrected chi connectivity index (χ1v) is 10.1. The van der Waals surface area contributed by atoms with E-state index in [1.165, 1.54) is 25.7 Å². The van der Waals surface area contributed by atoms with Gasteiger partial charge in [-0.25, -0.2) is 0 Å². The highest BCUT2D eigenvalue weighted by molar-refractivity contribution is 5.95. The zero-order valence-corrected chi connectivity index (χ0v) is 15.8. The van der Waals surface area contributed by atoms with Crippen molar-refractivity contribution in [1.29, 1.82) is 0 Å².